The molecule has 0 unspecified atom stereocenters. The van der Waals surface area contributed by atoms with Gasteiger partial charge in [0.1, 0.15) is 0 Å². The molecule has 0 aliphatic rings. The Labute approximate surface area is 97.2 Å². The zero-order valence-corrected chi connectivity index (χ0v) is 9.52. The quantitative estimate of drug-likeness (QED) is 0.416. The maximum absolute atomic E-state index is 5.37. The van der Waals surface area contributed by atoms with E-state index in [1.165, 1.54) is 11.3 Å². The number of para-hydroxylation sites is 1. The lowest BCUT2D eigenvalue weighted by molar-refractivity contribution is 0.737. The Morgan fingerprint density at radius 2 is 1.81 bits per heavy atom. The van der Waals surface area contributed by atoms with Crippen LogP contribution < -0.4 is 16.2 Å². The number of benzene rings is 1. The summed E-state index contributed by atoms with van der Waals surface area (Å²) in [7, 11) is 0. The van der Waals surface area contributed by atoms with Gasteiger partial charge in [-0.15, -0.1) is 13.2 Å². The number of hydrogen-bond donors (Lipinski definition) is 2. The van der Waals surface area contributed by atoms with Gasteiger partial charge in [-0.05, 0) is 11.6 Å². The first-order valence-corrected chi connectivity index (χ1v) is 5.31. The Bertz CT molecular complexity index is 337. The molecule has 0 heterocycles. The van der Waals surface area contributed by atoms with E-state index in [4.69, 9.17) is 5.84 Å². The Morgan fingerprint density at radius 3 is 2.38 bits per heavy atom. The van der Waals surface area contributed by atoms with Crippen molar-refractivity contribution in [1.29, 1.82) is 0 Å². The number of hydrazine groups is 1. The highest BCUT2D eigenvalue weighted by molar-refractivity contribution is 5.54. The van der Waals surface area contributed by atoms with Gasteiger partial charge in [-0.3, -0.25) is 11.3 Å². The van der Waals surface area contributed by atoms with E-state index in [2.05, 4.69) is 35.6 Å². The molecule has 0 aliphatic heterocycles. The van der Waals surface area contributed by atoms with Crippen molar-refractivity contribution in [2.45, 2.75) is 6.54 Å². The van der Waals surface area contributed by atoms with E-state index in [1.807, 2.05) is 24.3 Å². The molecule has 1 rings (SSSR count). The fourth-order valence-corrected chi connectivity index (χ4v) is 1.66. The molecule has 0 fully saturated rings. The molecule has 0 amide bonds. The third-order valence-corrected chi connectivity index (χ3v) is 2.32. The fraction of sp³-hybridized carbons (Fsp3) is 0.231. The lowest BCUT2D eigenvalue weighted by Crippen LogP contribution is -2.27. The van der Waals surface area contributed by atoms with Gasteiger partial charge < -0.3 is 4.90 Å². The molecule has 16 heavy (non-hydrogen) atoms. The molecular formula is C13H19N3. The standard InChI is InChI=1S/C13H19N3/c1-3-9-16(10-4-2)13-8-6-5-7-12(13)11-15-14/h3-8,15H,1-2,9-11,14H2. The third-order valence-electron chi connectivity index (χ3n) is 2.32. The smallest absolute Gasteiger partial charge is 0.0418 e. The zero-order valence-electron chi connectivity index (χ0n) is 9.52. The summed E-state index contributed by atoms with van der Waals surface area (Å²) in [6.45, 7) is 9.79. The van der Waals surface area contributed by atoms with Gasteiger partial charge >= 0.3 is 0 Å². The number of nitrogens with two attached hydrogens (primary N) is 1. The molecule has 0 bridgehead atoms. The first-order valence-electron chi connectivity index (χ1n) is 5.31. The topological polar surface area (TPSA) is 41.3 Å². The van der Waals surface area contributed by atoms with Gasteiger partial charge in [-0.1, -0.05) is 30.4 Å². The first kappa shape index (κ1) is 12.5. The van der Waals surface area contributed by atoms with Crippen LogP contribution in [0.5, 0.6) is 0 Å². The molecule has 0 saturated carbocycles. The normalized spacial score (nSPS) is 9.81. The van der Waals surface area contributed by atoms with E-state index in [0.29, 0.717) is 6.54 Å². The first-order chi connectivity index (χ1) is 7.83. The summed E-state index contributed by atoms with van der Waals surface area (Å²) in [6.07, 6.45) is 3.77. The Hall–Kier alpha value is -1.58. The highest BCUT2D eigenvalue weighted by Crippen LogP contribution is 2.20. The number of anilines is 1. The number of rotatable bonds is 7. The zero-order chi connectivity index (χ0) is 11.8. The molecule has 0 spiro atoms. The van der Waals surface area contributed by atoms with E-state index in [1.54, 1.807) is 0 Å². The van der Waals surface area contributed by atoms with Gasteiger partial charge in [0.05, 0.1) is 0 Å². The van der Waals surface area contributed by atoms with Gasteiger partial charge in [0.15, 0.2) is 0 Å². The molecule has 0 saturated heterocycles. The van der Waals surface area contributed by atoms with Gasteiger partial charge in [0.25, 0.3) is 0 Å². The monoisotopic (exact) mass is 217 g/mol. The molecule has 0 aromatic heterocycles. The van der Waals surface area contributed by atoms with Crippen molar-refractivity contribution < 1.29 is 0 Å². The molecule has 3 nitrogen and oxygen atoms in total. The minimum Gasteiger partial charge on any atom is -0.364 e. The molecule has 3 N–H and O–H groups in total. The summed E-state index contributed by atoms with van der Waals surface area (Å²) >= 11 is 0. The van der Waals surface area contributed by atoms with Crippen molar-refractivity contribution >= 4 is 5.69 Å². The second-order valence-electron chi connectivity index (χ2n) is 3.49. The number of nitrogens with zero attached hydrogens (tertiary/aromatic N) is 1. The summed E-state index contributed by atoms with van der Waals surface area (Å²) < 4.78 is 0. The van der Waals surface area contributed by atoms with Crippen LogP contribution in [-0.2, 0) is 6.54 Å². The van der Waals surface area contributed by atoms with Gasteiger partial charge in [-0.25, -0.2) is 0 Å². The van der Waals surface area contributed by atoms with E-state index in [9.17, 15) is 0 Å². The van der Waals surface area contributed by atoms with Crippen LogP contribution in [-0.4, -0.2) is 13.1 Å². The van der Waals surface area contributed by atoms with Crippen LogP contribution in [0.25, 0.3) is 0 Å². The van der Waals surface area contributed by atoms with E-state index < -0.39 is 0 Å². The summed E-state index contributed by atoms with van der Waals surface area (Å²) in [4.78, 5) is 2.20. The maximum atomic E-state index is 5.37. The summed E-state index contributed by atoms with van der Waals surface area (Å²) in [5.41, 5.74) is 5.03. The molecule has 1 aromatic rings. The van der Waals surface area contributed by atoms with Gasteiger partial charge in [0.2, 0.25) is 0 Å². The summed E-state index contributed by atoms with van der Waals surface area (Å²) in [5.74, 6) is 5.37. The highest BCUT2D eigenvalue weighted by atomic mass is 15.2. The molecule has 0 radical (unpaired) electrons. The minimum atomic E-state index is 0.654. The van der Waals surface area contributed by atoms with Crippen molar-refractivity contribution in [3.63, 3.8) is 0 Å². The predicted octanol–water partition coefficient (Wildman–Crippen LogP) is 1.83. The van der Waals surface area contributed by atoms with Crippen LogP contribution in [0.15, 0.2) is 49.6 Å². The molecule has 0 atom stereocenters. The molecule has 3 heteroatoms. The van der Waals surface area contributed by atoms with Crippen molar-refractivity contribution in [3.05, 3.63) is 55.1 Å². The van der Waals surface area contributed by atoms with Crippen LogP contribution in [0.1, 0.15) is 5.56 Å². The summed E-state index contributed by atoms with van der Waals surface area (Å²) in [5, 5.41) is 0. The average molecular weight is 217 g/mol. The predicted molar refractivity (Wildman–Crippen MR) is 70.1 cm³/mol. The lowest BCUT2D eigenvalue weighted by atomic mass is 10.1. The van der Waals surface area contributed by atoms with Crippen LogP contribution in [0, 0.1) is 0 Å². The van der Waals surface area contributed by atoms with Crippen molar-refractivity contribution in [1.82, 2.24) is 5.43 Å². The second-order valence-corrected chi connectivity index (χ2v) is 3.49. The second kappa shape index (κ2) is 6.82. The fourth-order valence-electron chi connectivity index (χ4n) is 1.66. The summed E-state index contributed by atoms with van der Waals surface area (Å²) in [6, 6.07) is 8.18. The third kappa shape index (κ3) is 3.22. The highest BCUT2D eigenvalue weighted by Gasteiger charge is 2.07. The lowest BCUT2D eigenvalue weighted by Gasteiger charge is -2.24. The van der Waals surface area contributed by atoms with Gasteiger partial charge in [-0.2, -0.15) is 0 Å². The number of nitrogens with one attached hydrogen (secondary N) is 1. The Balaban J connectivity index is 2.96. The molecular weight excluding hydrogens is 198 g/mol. The molecule has 0 aliphatic carbocycles. The van der Waals surface area contributed by atoms with Crippen LogP contribution in [0.2, 0.25) is 0 Å². The maximum Gasteiger partial charge on any atom is 0.0418 e. The van der Waals surface area contributed by atoms with E-state index >= 15 is 0 Å². The van der Waals surface area contributed by atoms with E-state index in [0.717, 1.165) is 13.1 Å². The largest absolute Gasteiger partial charge is 0.364 e. The van der Waals surface area contributed by atoms with Crippen molar-refractivity contribution in [3.8, 4) is 0 Å². The van der Waals surface area contributed by atoms with Crippen LogP contribution in [0.3, 0.4) is 0 Å². The minimum absolute atomic E-state index is 0.654. The number of hydrogen-bond acceptors (Lipinski definition) is 3. The SMILES string of the molecule is C=CCN(CC=C)c1ccccc1CNN. The van der Waals surface area contributed by atoms with Crippen molar-refractivity contribution in [2.75, 3.05) is 18.0 Å². The Morgan fingerprint density at radius 1 is 1.19 bits per heavy atom. The molecule has 1 aromatic carbocycles. The average Bonchev–Trinajstić information content (AvgIpc) is 2.30. The van der Waals surface area contributed by atoms with E-state index in [-0.39, 0.29) is 0 Å². The molecule has 86 valence electrons. The van der Waals surface area contributed by atoms with Crippen LogP contribution in [0.4, 0.5) is 5.69 Å². The van der Waals surface area contributed by atoms with Gasteiger partial charge in [0, 0.05) is 25.3 Å². The van der Waals surface area contributed by atoms with Crippen molar-refractivity contribution in [2.24, 2.45) is 5.84 Å². The van der Waals surface area contributed by atoms with Crippen LogP contribution >= 0.6 is 0 Å². The Kier molecular flexibility index (Phi) is 5.32.